The van der Waals surface area contributed by atoms with Gasteiger partial charge in [-0.1, -0.05) is 19.1 Å². The second-order valence-corrected chi connectivity index (χ2v) is 9.57. The van der Waals surface area contributed by atoms with Crippen LogP contribution in [0.15, 0.2) is 46.9 Å². The number of carbonyl (C=O) groups excluding carboxylic acids is 2. The van der Waals surface area contributed by atoms with E-state index in [9.17, 15) is 18.4 Å². The number of primary amides is 1. The summed E-state index contributed by atoms with van der Waals surface area (Å²) < 4.78 is 38.2. The van der Waals surface area contributed by atoms with Gasteiger partial charge in [0.25, 0.3) is 18.2 Å². The zero-order valence-electron chi connectivity index (χ0n) is 19.3. The normalized spacial score (nSPS) is 13.3. The van der Waals surface area contributed by atoms with Crippen LogP contribution in [0.4, 0.5) is 14.5 Å². The number of hydrogen-bond donors (Lipinski definition) is 2. The number of alkyl halides is 2. The topological polar surface area (TPSA) is 107 Å². The molecule has 0 aliphatic heterocycles. The van der Waals surface area contributed by atoms with Crippen molar-refractivity contribution in [1.82, 2.24) is 4.98 Å². The number of ether oxygens (including phenoxy) is 1. The summed E-state index contributed by atoms with van der Waals surface area (Å²) in [7, 11) is 0. The summed E-state index contributed by atoms with van der Waals surface area (Å²) in [6.07, 6.45) is -0.156. The number of rotatable bonds is 9. The van der Waals surface area contributed by atoms with Crippen LogP contribution in [0.5, 0.6) is 5.75 Å². The molecule has 36 heavy (non-hydrogen) atoms. The molecule has 1 fully saturated rings. The van der Waals surface area contributed by atoms with Gasteiger partial charge >= 0.3 is 0 Å². The Balaban J connectivity index is 1.39. The zero-order valence-corrected chi connectivity index (χ0v) is 20.2. The van der Waals surface area contributed by atoms with Crippen molar-refractivity contribution in [2.75, 3.05) is 5.32 Å². The Bertz CT molecular complexity index is 1440. The molecule has 0 unspecified atom stereocenters. The number of halogens is 2. The highest BCUT2D eigenvalue weighted by atomic mass is 32.1. The van der Waals surface area contributed by atoms with Gasteiger partial charge in [0.1, 0.15) is 33.5 Å². The second-order valence-electron chi connectivity index (χ2n) is 8.57. The summed E-state index contributed by atoms with van der Waals surface area (Å²) in [5.74, 6) is -0.195. The molecule has 10 heteroatoms. The van der Waals surface area contributed by atoms with E-state index < -0.39 is 18.2 Å². The first-order valence-electron chi connectivity index (χ1n) is 11.5. The van der Waals surface area contributed by atoms with Crippen molar-refractivity contribution < 1.29 is 27.5 Å². The molecule has 3 N–H and O–H groups in total. The van der Waals surface area contributed by atoms with Crippen molar-refractivity contribution in [2.24, 2.45) is 5.73 Å². The number of furan rings is 1. The second kappa shape index (κ2) is 9.69. The van der Waals surface area contributed by atoms with Gasteiger partial charge in [-0.3, -0.25) is 9.59 Å². The van der Waals surface area contributed by atoms with Gasteiger partial charge in [0.2, 0.25) is 0 Å². The first kappa shape index (κ1) is 23.9. The number of carbonyl (C=O) groups is 2. The van der Waals surface area contributed by atoms with Crippen LogP contribution in [0.3, 0.4) is 0 Å². The number of anilines is 1. The van der Waals surface area contributed by atoms with Gasteiger partial charge in [-0.25, -0.2) is 13.8 Å². The molecule has 3 heterocycles. The van der Waals surface area contributed by atoms with Crippen LogP contribution in [-0.2, 0) is 13.0 Å². The minimum Gasteiger partial charge on any atom is -0.486 e. The lowest BCUT2D eigenvalue weighted by Gasteiger charge is -2.09. The van der Waals surface area contributed by atoms with Crippen LogP contribution < -0.4 is 15.8 Å². The number of aromatic nitrogens is 1. The summed E-state index contributed by atoms with van der Waals surface area (Å²) in [5, 5.41) is 3.18. The molecule has 0 radical (unpaired) electrons. The summed E-state index contributed by atoms with van der Waals surface area (Å²) in [6, 6.07) is 12.2. The molecule has 1 aliphatic rings. The van der Waals surface area contributed by atoms with Crippen molar-refractivity contribution in [3.05, 3.63) is 75.7 Å². The first-order valence-corrected chi connectivity index (χ1v) is 12.3. The monoisotopic (exact) mass is 511 g/mol. The van der Waals surface area contributed by atoms with E-state index in [4.69, 9.17) is 14.9 Å². The number of nitrogens with zero attached hydrogens (tertiary/aromatic N) is 1. The molecule has 186 valence electrons. The number of hydrogen-bond acceptors (Lipinski definition) is 6. The molecule has 4 aromatic rings. The van der Waals surface area contributed by atoms with Crippen LogP contribution in [0.2, 0.25) is 0 Å². The van der Waals surface area contributed by atoms with Crippen LogP contribution in [0.25, 0.3) is 10.2 Å². The number of nitrogens with one attached hydrogen (secondary N) is 1. The maximum Gasteiger partial charge on any atom is 0.291 e. The highest BCUT2D eigenvalue weighted by molar-refractivity contribution is 7.21. The van der Waals surface area contributed by atoms with E-state index in [1.54, 1.807) is 6.07 Å². The molecular weight excluding hydrogens is 488 g/mol. The van der Waals surface area contributed by atoms with Crippen molar-refractivity contribution in [3.8, 4) is 5.75 Å². The molecule has 0 saturated heterocycles. The molecule has 2 amide bonds. The number of aryl methyl sites for hydroxylation is 1. The number of thiophene rings is 1. The Kier molecular flexibility index (Phi) is 6.44. The van der Waals surface area contributed by atoms with Crippen LogP contribution in [0.1, 0.15) is 74.9 Å². The quantitative estimate of drug-likeness (QED) is 0.278. The van der Waals surface area contributed by atoms with E-state index in [0.29, 0.717) is 22.5 Å². The predicted octanol–water partition coefficient (Wildman–Crippen LogP) is 6.20. The predicted molar refractivity (Wildman–Crippen MR) is 132 cm³/mol. The van der Waals surface area contributed by atoms with Crippen molar-refractivity contribution in [1.29, 1.82) is 0 Å². The number of amides is 2. The minimum absolute atomic E-state index is 0.00910. The fraction of sp³-hybridized carbons (Fsp3) is 0.269. The molecule has 1 aromatic carbocycles. The lowest BCUT2D eigenvalue weighted by molar-refractivity contribution is 0.0992. The third kappa shape index (κ3) is 4.81. The molecular formula is C26H23F2N3O4S. The SMILES string of the molecule is CCc1ccc(OCc2ccc(C(=O)Nc3c(C(N)=O)sc4nc(C(F)F)cc(C5CC5)c34)o2)cc1. The van der Waals surface area contributed by atoms with Gasteiger partial charge in [-0.2, -0.15) is 0 Å². The number of pyridine rings is 1. The van der Waals surface area contributed by atoms with Crippen LogP contribution >= 0.6 is 11.3 Å². The Labute approximate surface area is 209 Å². The van der Waals surface area contributed by atoms with Gasteiger partial charge in [-0.05, 0) is 66.6 Å². The maximum atomic E-state index is 13.4. The highest BCUT2D eigenvalue weighted by Crippen LogP contribution is 2.48. The van der Waals surface area contributed by atoms with Gasteiger partial charge in [0, 0.05) is 5.39 Å². The van der Waals surface area contributed by atoms with Crippen molar-refractivity contribution in [3.63, 3.8) is 0 Å². The van der Waals surface area contributed by atoms with E-state index >= 15 is 0 Å². The lowest BCUT2D eigenvalue weighted by atomic mass is 10.0. The molecule has 1 saturated carbocycles. The highest BCUT2D eigenvalue weighted by Gasteiger charge is 2.32. The largest absolute Gasteiger partial charge is 0.486 e. The summed E-state index contributed by atoms with van der Waals surface area (Å²) in [6.45, 7) is 2.19. The Morgan fingerprint density at radius 2 is 1.97 bits per heavy atom. The minimum atomic E-state index is -2.75. The average Bonchev–Trinajstić information content (AvgIpc) is 3.49. The third-order valence-corrected chi connectivity index (χ3v) is 7.11. The van der Waals surface area contributed by atoms with E-state index in [1.165, 1.54) is 17.7 Å². The fourth-order valence-electron chi connectivity index (χ4n) is 4.00. The fourth-order valence-corrected chi connectivity index (χ4v) is 5.02. The first-order chi connectivity index (χ1) is 17.3. The summed E-state index contributed by atoms with van der Waals surface area (Å²) >= 11 is 0.889. The van der Waals surface area contributed by atoms with Gasteiger partial charge in [0.05, 0.1) is 5.69 Å². The zero-order chi connectivity index (χ0) is 25.4. The number of fused-ring (bicyclic) bond motifs is 1. The lowest BCUT2D eigenvalue weighted by Crippen LogP contribution is -2.16. The molecule has 0 bridgehead atoms. The summed E-state index contributed by atoms with van der Waals surface area (Å²) in [5.41, 5.74) is 7.20. The molecule has 0 atom stereocenters. The molecule has 3 aromatic heterocycles. The number of benzene rings is 1. The standard InChI is InChI=1S/C26H23F2N3O4S/c1-2-13-3-7-15(8-4-13)34-12-16-9-10-19(35-16)25(33)31-21-20-17(14-5-6-14)11-18(23(27)28)30-26(20)36-22(21)24(29)32/h3-4,7-11,14,23H,2,5-6,12H2,1H3,(H2,29,32)(H,31,33). The smallest absolute Gasteiger partial charge is 0.291 e. The molecule has 7 nitrogen and oxygen atoms in total. The van der Waals surface area contributed by atoms with Crippen LogP contribution in [-0.4, -0.2) is 16.8 Å². The average molecular weight is 512 g/mol. The molecule has 0 spiro atoms. The van der Waals surface area contributed by atoms with E-state index in [1.807, 2.05) is 24.3 Å². The number of nitrogens with two attached hydrogens (primary N) is 1. The van der Waals surface area contributed by atoms with Crippen molar-refractivity contribution >= 4 is 39.1 Å². The molecule has 5 rings (SSSR count). The third-order valence-electron chi connectivity index (χ3n) is 6.01. The summed E-state index contributed by atoms with van der Waals surface area (Å²) in [4.78, 5) is 29.5. The van der Waals surface area contributed by atoms with Crippen molar-refractivity contribution in [2.45, 2.75) is 45.1 Å². The van der Waals surface area contributed by atoms with E-state index in [-0.39, 0.29) is 39.4 Å². The Hall–Kier alpha value is -3.79. The van der Waals surface area contributed by atoms with E-state index in [0.717, 1.165) is 30.6 Å². The Morgan fingerprint density at radius 3 is 2.61 bits per heavy atom. The molecule has 1 aliphatic carbocycles. The van der Waals surface area contributed by atoms with Crippen LogP contribution in [0, 0.1) is 0 Å². The Morgan fingerprint density at radius 1 is 1.22 bits per heavy atom. The van der Waals surface area contributed by atoms with Gasteiger partial charge in [-0.15, -0.1) is 11.3 Å². The maximum absolute atomic E-state index is 13.4. The van der Waals surface area contributed by atoms with Gasteiger partial charge < -0.3 is 20.2 Å². The van der Waals surface area contributed by atoms with Gasteiger partial charge in [0.15, 0.2) is 5.76 Å². The van der Waals surface area contributed by atoms with E-state index in [2.05, 4.69) is 17.2 Å².